The maximum atomic E-state index is 14.0. The molecule has 3 aliphatic heterocycles. The minimum Gasteiger partial charge on any atom is -0.361 e. The van der Waals surface area contributed by atoms with Crippen LogP contribution in [-0.4, -0.2) is 40.2 Å². The number of nitrogens with one attached hydrogen (secondary N) is 3. The van der Waals surface area contributed by atoms with Crippen LogP contribution in [0.2, 0.25) is 0 Å². The van der Waals surface area contributed by atoms with Gasteiger partial charge >= 0.3 is 0 Å². The van der Waals surface area contributed by atoms with Gasteiger partial charge in [0.25, 0.3) is 0 Å². The molecular weight excluding hydrogens is 464 g/mol. The third-order valence-corrected chi connectivity index (χ3v) is 8.30. The number of amides is 3. The van der Waals surface area contributed by atoms with Crippen LogP contribution in [0.3, 0.4) is 0 Å². The van der Waals surface area contributed by atoms with Crippen molar-refractivity contribution in [2.45, 2.75) is 24.4 Å². The molecule has 3 amide bonds. The van der Waals surface area contributed by atoms with E-state index in [1.165, 1.54) is 4.90 Å². The Morgan fingerprint density at radius 1 is 0.838 bits per heavy atom. The lowest BCUT2D eigenvalue weighted by molar-refractivity contribution is -0.142. The summed E-state index contributed by atoms with van der Waals surface area (Å²) in [4.78, 5) is 46.2. The molecule has 4 aromatic rings. The molecule has 3 N–H and O–H groups in total. The third-order valence-electron chi connectivity index (χ3n) is 8.30. The highest BCUT2D eigenvalue weighted by atomic mass is 16.2. The van der Waals surface area contributed by atoms with Crippen LogP contribution in [0.1, 0.15) is 16.7 Å². The standard InChI is InChI=1S/C30H26N4O3/c35-27-25-24(16-19-17-31-22-12-6-4-10-20(19)22)33-30(21-11-5-7-13-23(21)32-29(30)37)26(25)28(36)34(27)15-14-18-8-2-1-3-9-18/h1-13,17,24-26,31,33H,14-16H2,(H,32,37)/t24-,25-,26+,30-/m1/s1. The Balaban J connectivity index is 1.29. The van der Waals surface area contributed by atoms with Gasteiger partial charge in [-0.05, 0) is 36.1 Å². The van der Waals surface area contributed by atoms with E-state index in [1.807, 2.05) is 79.0 Å². The summed E-state index contributed by atoms with van der Waals surface area (Å²) in [6, 6.07) is 25.0. The van der Waals surface area contributed by atoms with Gasteiger partial charge in [0, 0.05) is 40.9 Å². The second-order valence-electron chi connectivity index (χ2n) is 10.2. The first-order valence-electron chi connectivity index (χ1n) is 12.7. The number of hydrogen-bond donors (Lipinski definition) is 3. The molecule has 0 unspecified atom stereocenters. The summed E-state index contributed by atoms with van der Waals surface area (Å²) in [5.74, 6) is -2.16. The molecular formula is C30H26N4O3. The second-order valence-corrected chi connectivity index (χ2v) is 10.2. The Labute approximate surface area is 213 Å². The van der Waals surface area contributed by atoms with E-state index in [-0.39, 0.29) is 23.8 Å². The fraction of sp³-hybridized carbons (Fsp3) is 0.233. The van der Waals surface area contributed by atoms with Gasteiger partial charge < -0.3 is 10.3 Å². The number of aromatic nitrogens is 1. The Bertz CT molecular complexity index is 1560. The zero-order chi connectivity index (χ0) is 25.1. The highest BCUT2D eigenvalue weighted by Gasteiger charge is 2.70. The average molecular weight is 491 g/mol. The molecule has 37 heavy (non-hydrogen) atoms. The van der Waals surface area contributed by atoms with Crippen LogP contribution in [-0.2, 0) is 32.8 Å². The topological polar surface area (TPSA) is 94.3 Å². The number of hydrogen-bond acceptors (Lipinski definition) is 4. The zero-order valence-electron chi connectivity index (χ0n) is 20.1. The predicted octanol–water partition coefficient (Wildman–Crippen LogP) is 3.37. The van der Waals surface area contributed by atoms with Gasteiger partial charge in [-0.25, -0.2) is 0 Å². The predicted molar refractivity (Wildman–Crippen MR) is 140 cm³/mol. The molecule has 0 bridgehead atoms. The van der Waals surface area contributed by atoms with Crippen LogP contribution in [0.15, 0.2) is 85.1 Å². The monoisotopic (exact) mass is 490 g/mol. The van der Waals surface area contributed by atoms with Gasteiger partial charge in [-0.15, -0.1) is 0 Å². The van der Waals surface area contributed by atoms with Crippen LogP contribution in [0, 0.1) is 11.8 Å². The number of anilines is 1. The Hall–Kier alpha value is -4.23. The van der Waals surface area contributed by atoms with Crippen molar-refractivity contribution in [3.8, 4) is 0 Å². The van der Waals surface area contributed by atoms with Crippen molar-refractivity contribution in [2.24, 2.45) is 11.8 Å². The number of aromatic amines is 1. The van der Waals surface area contributed by atoms with E-state index in [1.54, 1.807) is 0 Å². The number of carbonyl (C=O) groups excluding carboxylic acids is 3. The molecule has 1 aromatic heterocycles. The lowest BCUT2D eigenvalue weighted by Crippen LogP contribution is -2.53. The van der Waals surface area contributed by atoms with Gasteiger partial charge in [0.05, 0.1) is 11.8 Å². The Kier molecular flexibility index (Phi) is 4.84. The molecule has 1 spiro atoms. The molecule has 0 radical (unpaired) electrons. The SMILES string of the molecule is O=C1[C@H]2[C@@H](C(=O)N1CCc1ccccc1)[C@@]1(N[C@@H]2Cc2c[nH]c3ccccc23)C(=O)Nc2ccccc21. The van der Waals surface area contributed by atoms with E-state index in [2.05, 4.69) is 21.7 Å². The minimum atomic E-state index is -1.27. The van der Waals surface area contributed by atoms with Gasteiger partial charge in [-0.1, -0.05) is 66.7 Å². The quantitative estimate of drug-likeness (QED) is 0.374. The first-order valence-corrected chi connectivity index (χ1v) is 12.7. The molecule has 7 rings (SSSR count). The van der Waals surface area contributed by atoms with Crippen molar-refractivity contribution < 1.29 is 14.4 Å². The van der Waals surface area contributed by atoms with Crippen molar-refractivity contribution >= 4 is 34.3 Å². The number of carbonyl (C=O) groups is 3. The summed E-state index contributed by atoms with van der Waals surface area (Å²) in [6.07, 6.45) is 3.06. The van der Waals surface area contributed by atoms with Crippen molar-refractivity contribution in [3.05, 3.63) is 102 Å². The summed E-state index contributed by atoms with van der Waals surface area (Å²) < 4.78 is 0. The molecule has 0 saturated carbocycles. The molecule has 7 heteroatoms. The van der Waals surface area contributed by atoms with E-state index in [0.29, 0.717) is 25.1 Å². The summed E-state index contributed by atoms with van der Waals surface area (Å²) in [6.45, 7) is 0.299. The van der Waals surface area contributed by atoms with Crippen molar-refractivity contribution in [2.75, 3.05) is 11.9 Å². The number of imide groups is 1. The molecule has 7 nitrogen and oxygen atoms in total. The van der Waals surface area contributed by atoms with E-state index in [9.17, 15) is 14.4 Å². The first kappa shape index (κ1) is 22.0. The van der Waals surface area contributed by atoms with Gasteiger partial charge in [-0.2, -0.15) is 0 Å². The number of likely N-dealkylation sites (tertiary alicyclic amines) is 1. The van der Waals surface area contributed by atoms with Crippen molar-refractivity contribution in [1.29, 1.82) is 0 Å². The zero-order valence-corrected chi connectivity index (χ0v) is 20.1. The first-order chi connectivity index (χ1) is 18.1. The van der Waals surface area contributed by atoms with Crippen LogP contribution in [0.25, 0.3) is 10.9 Å². The number of nitrogens with zero attached hydrogens (tertiary/aromatic N) is 1. The van der Waals surface area contributed by atoms with E-state index in [4.69, 9.17) is 0 Å². The van der Waals surface area contributed by atoms with Crippen LogP contribution < -0.4 is 10.6 Å². The van der Waals surface area contributed by atoms with Crippen LogP contribution in [0.4, 0.5) is 5.69 Å². The lowest BCUT2D eigenvalue weighted by atomic mass is 9.76. The van der Waals surface area contributed by atoms with Crippen molar-refractivity contribution in [1.82, 2.24) is 15.2 Å². The largest absolute Gasteiger partial charge is 0.361 e. The molecule has 2 fully saturated rings. The average Bonchev–Trinajstić information content (AvgIpc) is 3.63. The molecule has 4 atom stereocenters. The van der Waals surface area contributed by atoms with E-state index in [0.717, 1.165) is 27.6 Å². The van der Waals surface area contributed by atoms with Crippen LogP contribution >= 0.6 is 0 Å². The minimum absolute atomic E-state index is 0.197. The molecule has 2 saturated heterocycles. The highest BCUT2D eigenvalue weighted by molar-refractivity contribution is 6.15. The number of benzene rings is 3. The van der Waals surface area contributed by atoms with E-state index < -0.39 is 17.4 Å². The summed E-state index contributed by atoms with van der Waals surface area (Å²) in [7, 11) is 0. The highest BCUT2D eigenvalue weighted by Crippen LogP contribution is 2.53. The molecule has 184 valence electrons. The maximum absolute atomic E-state index is 14.0. The molecule has 4 heterocycles. The fourth-order valence-electron chi connectivity index (χ4n) is 6.64. The Morgan fingerprint density at radius 2 is 1.59 bits per heavy atom. The van der Waals surface area contributed by atoms with Crippen LogP contribution in [0.5, 0.6) is 0 Å². The van der Waals surface area contributed by atoms with Crippen molar-refractivity contribution in [3.63, 3.8) is 0 Å². The van der Waals surface area contributed by atoms with Gasteiger partial charge in [-0.3, -0.25) is 24.6 Å². The lowest BCUT2D eigenvalue weighted by Gasteiger charge is -2.29. The summed E-state index contributed by atoms with van der Waals surface area (Å²) >= 11 is 0. The second kappa shape index (κ2) is 8.15. The molecule has 0 aliphatic carbocycles. The van der Waals surface area contributed by atoms with Gasteiger partial charge in [0.1, 0.15) is 5.54 Å². The normalized spacial score (nSPS) is 26.2. The molecule has 3 aromatic carbocycles. The Morgan fingerprint density at radius 3 is 2.46 bits per heavy atom. The number of para-hydroxylation sites is 2. The maximum Gasteiger partial charge on any atom is 0.250 e. The van der Waals surface area contributed by atoms with Gasteiger partial charge in [0.15, 0.2) is 0 Å². The van der Waals surface area contributed by atoms with Gasteiger partial charge in [0.2, 0.25) is 17.7 Å². The summed E-state index contributed by atoms with van der Waals surface area (Å²) in [5.41, 5.74) is 3.29. The summed E-state index contributed by atoms with van der Waals surface area (Å²) in [5, 5.41) is 7.59. The fourth-order valence-corrected chi connectivity index (χ4v) is 6.64. The molecule has 3 aliphatic rings. The number of rotatable bonds is 5. The smallest absolute Gasteiger partial charge is 0.250 e. The third kappa shape index (κ3) is 3.13. The van der Waals surface area contributed by atoms with E-state index >= 15 is 0 Å². The number of fused-ring (bicyclic) bond motifs is 5. The number of H-pyrrole nitrogens is 1.